The maximum absolute atomic E-state index is 12.9. The fourth-order valence-electron chi connectivity index (χ4n) is 3.84. The van der Waals surface area contributed by atoms with E-state index in [0.29, 0.717) is 24.2 Å². The number of carbonyl (C=O) groups is 1. The largest absolute Gasteiger partial charge is 0.350 e. The Morgan fingerprint density at radius 2 is 1.68 bits per heavy atom. The summed E-state index contributed by atoms with van der Waals surface area (Å²) in [4.78, 5) is 25.4. The summed E-state index contributed by atoms with van der Waals surface area (Å²) >= 11 is 0. The average Bonchev–Trinajstić information content (AvgIpc) is 3.15. The minimum Gasteiger partial charge on any atom is -0.350 e. The Kier molecular flexibility index (Phi) is 5.46. The SMILES string of the molecule is Cc1cc(C)cc(C(=O)NCCn2ccn3nc(-c4cc(C)ccc4C)cc3c2=O)c1. The second kappa shape index (κ2) is 8.22. The quantitative estimate of drug-likeness (QED) is 0.540. The van der Waals surface area contributed by atoms with Gasteiger partial charge in [0.2, 0.25) is 0 Å². The van der Waals surface area contributed by atoms with Crippen LogP contribution < -0.4 is 10.9 Å². The van der Waals surface area contributed by atoms with Crippen molar-refractivity contribution in [1.82, 2.24) is 19.5 Å². The molecule has 0 atom stereocenters. The van der Waals surface area contributed by atoms with E-state index in [1.54, 1.807) is 21.5 Å². The summed E-state index contributed by atoms with van der Waals surface area (Å²) in [6, 6.07) is 13.8. The van der Waals surface area contributed by atoms with Crippen LogP contribution in [-0.2, 0) is 6.54 Å². The predicted molar refractivity (Wildman–Crippen MR) is 123 cm³/mol. The molecule has 6 heteroatoms. The molecule has 0 saturated carbocycles. The highest BCUT2D eigenvalue weighted by Crippen LogP contribution is 2.23. The first-order valence-corrected chi connectivity index (χ1v) is 10.3. The first-order chi connectivity index (χ1) is 14.8. The molecular weight excluding hydrogens is 388 g/mol. The summed E-state index contributed by atoms with van der Waals surface area (Å²) in [5.41, 5.74) is 7.17. The molecule has 0 aliphatic carbocycles. The van der Waals surface area contributed by atoms with Crippen LogP contribution in [0.5, 0.6) is 0 Å². The third kappa shape index (κ3) is 4.28. The topological polar surface area (TPSA) is 68.4 Å². The maximum Gasteiger partial charge on any atom is 0.276 e. The number of aromatic nitrogens is 3. The number of hydrogen-bond acceptors (Lipinski definition) is 3. The summed E-state index contributed by atoms with van der Waals surface area (Å²) in [6.45, 7) is 8.76. The van der Waals surface area contributed by atoms with Gasteiger partial charge in [-0.05, 0) is 57.5 Å². The second-order valence-corrected chi connectivity index (χ2v) is 8.11. The number of aryl methyl sites for hydroxylation is 4. The zero-order chi connectivity index (χ0) is 22.1. The van der Waals surface area contributed by atoms with Gasteiger partial charge < -0.3 is 9.88 Å². The van der Waals surface area contributed by atoms with Gasteiger partial charge in [-0.25, -0.2) is 4.52 Å². The van der Waals surface area contributed by atoms with Crippen molar-refractivity contribution in [1.29, 1.82) is 0 Å². The molecule has 2 aromatic carbocycles. The smallest absolute Gasteiger partial charge is 0.276 e. The van der Waals surface area contributed by atoms with Crippen LogP contribution in [-0.4, -0.2) is 26.6 Å². The molecule has 1 N–H and O–H groups in total. The fourth-order valence-corrected chi connectivity index (χ4v) is 3.84. The Morgan fingerprint density at radius 3 is 2.42 bits per heavy atom. The van der Waals surface area contributed by atoms with Crippen molar-refractivity contribution in [2.75, 3.05) is 6.54 Å². The summed E-state index contributed by atoms with van der Waals surface area (Å²) < 4.78 is 3.22. The van der Waals surface area contributed by atoms with Crippen LogP contribution >= 0.6 is 0 Å². The number of hydrogen-bond donors (Lipinski definition) is 1. The predicted octanol–water partition coefficient (Wildman–Crippen LogP) is 3.83. The van der Waals surface area contributed by atoms with Gasteiger partial charge in [0.05, 0.1) is 5.69 Å². The maximum atomic E-state index is 12.9. The number of rotatable bonds is 5. The third-order valence-corrected chi connectivity index (χ3v) is 5.39. The van der Waals surface area contributed by atoms with Gasteiger partial charge >= 0.3 is 0 Å². The highest BCUT2D eigenvalue weighted by molar-refractivity contribution is 5.94. The van der Waals surface area contributed by atoms with Crippen molar-refractivity contribution in [2.24, 2.45) is 0 Å². The number of carbonyl (C=O) groups excluding carboxylic acids is 1. The van der Waals surface area contributed by atoms with Gasteiger partial charge in [0, 0.05) is 36.6 Å². The van der Waals surface area contributed by atoms with E-state index in [9.17, 15) is 9.59 Å². The lowest BCUT2D eigenvalue weighted by Crippen LogP contribution is -2.31. The molecule has 158 valence electrons. The molecule has 0 aliphatic heterocycles. The minimum absolute atomic E-state index is 0.132. The van der Waals surface area contributed by atoms with Gasteiger partial charge in [-0.15, -0.1) is 0 Å². The summed E-state index contributed by atoms with van der Waals surface area (Å²) in [5, 5.41) is 7.49. The lowest BCUT2D eigenvalue weighted by molar-refractivity contribution is 0.0952. The van der Waals surface area contributed by atoms with Crippen molar-refractivity contribution in [3.8, 4) is 11.3 Å². The molecule has 0 saturated heterocycles. The Morgan fingerprint density at radius 1 is 0.935 bits per heavy atom. The fraction of sp³-hybridized carbons (Fsp3) is 0.240. The Labute approximate surface area is 181 Å². The zero-order valence-corrected chi connectivity index (χ0v) is 18.3. The van der Waals surface area contributed by atoms with E-state index in [1.165, 1.54) is 0 Å². The second-order valence-electron chi connectivity index (χ2n) is 8.11. The van der Waals surface area contributed by atoms with Gasteiger partial charge in [0.15, 0.2) is 0 Å². The van der Waals surface area contributed by atoms with E-state index in [4.69, 9.17) is 0 Å². The van der Waals surface area contributed by atoms with Gasteiger partial charge in [-0.1, -0.05) is 34.9 Å². The zero-order valence-electron chi connectivity index (χ0n) is 18.3. The highest BCUT2D eigenvalue weighted by Gasteiger charge is 2.12. The number of amides is 1. The van der Waals surface area contributed by atoms with E-state index in [2.05, 4.69) is 28.6 Å². The molecule has 0 spiro atoms. The lowest BCUT2D eigenvalue weighted by Gasteiger charge is -2.09. The van der Waals surface area contributed by atoms with Crippen molar-refractivity contribution in [2.45, 2.75) is 34.2 Å². The van der Waals surface area contributed by atoms with Gasteiger partial charge in [0.25, 0.3) is 11.5 Å². The Hall–Kier alpha value is -3.67. The molecule has 0 aliphatic rings. The molecule has 0 radical (unpaired) electrons. The molecule has 4 aromatic rings. The van der Waals surface area contributed by atoms with Gasteiger partial charge in [0.1, 0.15) is 5.52 Å². The van der Waals surface area contributed by atoms with E-state index >= 15 is 0 Å². The number of fused-ring (bicyclic) bond motifs is 1. The number of benzene rings is 2. The van der Waals surface area contributed by atoms with Crippen molar-refractivity contribution in [3.05, 3.63) is 93.0 Å². The van der Waals surface area contributed by atoms with Crippen LogP contribution in [0.1, 0.15) is 32.6 Å². The van der Waals surface area contributed by atoms with Gasteiger partial charge in [-0.3, -0.25) is 9.59 Å². The minimum atomic E-state index is -0.137. The third-order valence-electron chi connectivity index (χ3n) is 5.39. The first kappa shape index (κ1) is 20.6. The molecule has 31 heavy (non-hydrogen) atoms. The summed E-state index contributed by atoms with van der Waals surface area (Å²) in [5.74, 6) is -0.137. The highest BCUT2D eigenvalue weighted by atomic mass is 16.1. The van der Waals surface area contributed by atoms with Crippen molar-refractivity contribution < 1.29 is 4.79 Å². The monoisotopic (exact) mass is 414 g/mol. The molecule has 1 amide bonds. The molecular formula is C25H26N4O2. The van der Waals surface area contributed by atoms with Crippen LogP contribution in [0, 0.1) is 27.7 Å². The van der Waals surface area contributed by atoms with Crippen LogP contribution in [0.3, 0.4) is 0 Å². The number of nitrogens with zero attached hydrogens (tertiary/aromatic N) is 3. The first-order valence-electron chi connectivity index (χ1n) is 10.3. The van der Waals surface area contributed by atoms with Crippen LogP contribution in [0.25, 0.3) is 16.8 Å². The molecule has 2 aromatic heterocycles. The van der Waals surface area contributed by atoms with E-state index in [-0.39, 0.29) is 11.5 Å². The Bertz CT molecular complexity index is 1330. The van der Waals surface area contributed by atoms with Gasteiger partial charge in [-0.2, -0.15) is 5.10 Å². The average molecular weight is 415 g/mol. The Balaban J connectivity index is 1.52. The molecule has 0 unspecified atom stereocenters. The lowest BCUT2D eigenvalue weighted by atomic mass is 10.0. The standard InChI is InChI=1S/C25H26N4O2/c1-16-5-6-19(4)21(14-16)22-15-23-25(31)28(9-10-29(23)27-22)8-7-26-24(30)20-12-17(2)11-18(3)13-20/h5-6,9-15H,7-8H2,1-4H3,(H,26,30). The molecule has 6 nitrogen and oxygen atoms in total. The summed E-state index contributed by atoms with van der Waals surface area (Å²) in [6.07, 6.45) is 3.48. The van der Waals surface area contributed by atoms with Crippen molar-refractivity contribution in [3.63, 3.8) is 0 Å². The van der Waals surface area contributed by atoms with E-state index in [0.717, 1.165) is 33.5 Å². The van der Waals surface area contributed by atoms with E-state index in [1.807, 2.05) is 52.0 Å². The summed E-state index contributed by atoms with van der Waals surface area (Å²) in [7, 11) is 0. The normalized spacial score (nSPS) is 11.1. The molecule has 0 fully saturated rings. The van der Waals surface area contributed by atoms with Crippen LogP contribution in [0.4, 0.5) is 0 Å². The number of nitrogens with one attached hydrogen (secondary N) is 1. The van der Waals surface area contributed by atoms with Crippen molar-refractivity contribution >= 4 is 11.4 Å². The molecule has 0 bridgehead atoms. The van der Waals surface area contributed by atoms with Crippen LogP contribution in [0.2, 0.25) is 0 Å². The molecule has 2 heterocycles. The molecule has 4 rings (SSSR count). The van der Waals surface area contributed by atoms with Crippen LogP contribution in [0.15, 0.2) is 59.7 Å². The van der Waals surface area contributed by atoms with E-state index < -0.39 is 0 Å².